The van der Waals surface area contributed by atoms with Crippen LogP contribution >= 0.6 is 10.7 Å². The minimum absolute atomic E-state index is 0.0396. The van der Waals surface area contributed by atoms with Crippen molar-refractivity contribution >= 4 is 25.6 Å². The highest BCUT2D eigenvalue weighted by Gasteiger charge is 2.36. The summed E-state index contributed by atoms with van der Waals surface area (Å²) in [7, 11) is 1.69. The van der Waals surface area contributed by atoms with E-state index in [1.165, 1.54) is 25.9 Å². The van der Waals surface area contributed by atoms with Crippen LogP contribution in [0.3, 0.4) is 0 Å². The third kappa shape index (κ3) is 4.33. The van der Waals surface area contributed by atoms with Crippen LogP contribution in [0.2, 0.25) is 0 Å². The molecule has 2 saturated heterocycles. The number of unbranched alkanes of at least 4 members (excludes halogenated alkanes) is 1. The molecule has 0 bridgehead atoms. The Hall–Kier alpha value is -0.330. The number of carbonyl (C=O) groups is 1. The summed E-state index contributed by atoms with van der Waals surface area (Å²) < 4.78 is 22.4. The van der Waals surface area contributed by atoms with E-state index < -0.39 is 14.3 Å². The number of hydrogen-bond acceptors (Lipinski definition) is 4. The first-order valence-electron chi connectivity index (χ1n) is 6.90. The zero-order chi connectivity index (χ0) is 13.9. The Kier molecular flexibility index (Phi) is 5.09. The van der Waals surface area contributed by atoms with Crippen LogP contribution in [0.25, 0.3) is 0 Å². The smallest absolute Gasteiger partial charge is 0.237 e. The fourth-order valence-corrected chi connectivity index (χ4v) is 3.84. The van der Waals surface area contributed by atoms with Crippen molar-refractivity contribution in [2.75, 3.05) is 32.7 Å². The van der Waals surface area contributed by atoms with Crippen molar-refractivity contribution < 1.29 is 13.2 Å². The van der Waals surface area contributed by atoms with E-state index in [-0.39, 0.29) is 18.9 Å². The van der Waals surface area contributed by atoms with Gasteiger partial charge in [0.25, 0.3) is 0 Å². The lowest BCUT2D eigenvalue weighted by atomic mass is 10.3. The Bertz CT molecular complexity index is 421. The summed E-state index contributed by atoms with van der Waals surface area (Å²) in [5.41, 5.74) is 0. The minimum atomic E-state index is -3.61. The third-order valence-electron chi connectivity index (χ3n) is 3.93. The predicted molar refractivity (Wildman–Crippen MR) is 74.7 cm³/mol. The molecule has 0 radical (unpaired) electrons. The maximum atomic E-state index is 11.7. The highest BCUT2D eigenvalue weighted by Crippen LogP contribution is 2.21. The summed E-state index contributed by atoms with van der Waals surface area (Å²) >= 11 is 0. The van der Waals surface area contributed by atoms with E-state index >= 15 is 0 Å². The van der Waals surface area contributed by atoms with Crippen molar-refractivity contribution in [1.29, 1.82) is 0 Å². The van der Waals surface area contributed by atoms with E-state index in [0.717, 1.165) is 19.4 Å². The maximum absolute atomic E-state index is 11.7. The Labute approximate surface area is 119 Å². The number of halogens is 1. The van der Waals surface area contributed by atoms with Crippen LogP contribution < -0.4 is 0 Å². The van der Waals surface area contributed by atoms with Gasteiger partial charge >= 0.3 is 0 Å². The van der Waals surface area contributed by atoms with Crippen molar-refractivity contribution in [3.63, 3.8) is 0 Å². The molecule has 5 nitrogen and oxygen atoms in total. The molecule has 19 heavy (non-hydrogen) atoms. The molecule has 2 rings (SSSR count). The Morgan fingerprint density at radius 3 is 2.37 bits per heavy atom. The first-order chi connectivity index (χ1) is 8.97. The number of hydrogen-bond donors (Lipinski definition) is 0. The van der Waals surface area contributed by atoms with Crippen LogP contribution in [0.1, 0.15) is 32.1 Å². The van der Waals surface area contributed by atoms with E-state index in [0.29, 0.717) is 6.54 Å². The highest BCUT2D eigenvalue weighted by molar-refractivity contribution is 8.14. The lowest BCUT2D eigenvalue weighted by Crippen LogP contribution is -2.29. The zero-order valence-corrected chi connectivity index (χ0v) is 12.6. The van der Waals surface area contributed by atoms with Gasteiger partial charge in [-0.05, 0) is 45.3 Å². The van der Waals surface area contributed by atoms with Crippen molar-refractivity contribution in [3.05, 3.63) is 0 Å². The average molecular weight is 309 g/mol. The van der Waals surface area contributed by atoms with Crippen molar-refractivity contribution in [2.24, 2.45) is 0 Å². The van der Waals surface area contributed by atoms with Gasteiger partial charge in [-0.1, -0.05) is 0 Å². The lowest BCUT2D eigenvalue weighted by Gasteiger charge is -2.18. The molecule has 0 aliphatic carbocycles. The Morgan fingerprint density at radius 1 is 1.16 bits per heavy atom. The average Bonchev–Trinajstić information content (AvgIpc) is 2.93. The topological polar surface area (TPSA) is 57.7 Å². The number of nitrogens with zero attached hydrogens (tertiary/aromatic N) is 2. The molecule has 2 aliphatic rings. The van der Waals surface area contributed by atoms with Gasteiger partial charge in [0.05, 0.1) is 0 Å². The van der Waals surface area contributed by atoms with Gasteiger partial charge in [-0.15, -0.1) is 0 Å². The molecule has 0 spiro atoms. The van der Waals surface area contributed by atoms with Gasteiger partial charge in [0.2, 0.25) is 15.0 Å². The molecule has 2 heterocycles. The van der Waals surface area contributed by atoms with Crippen LogP contribution in [0.4, 0.5) is 0 Å². The first-order valence-corrected chi connectivity index (χ1v) is 9.27. The first kappa shape index (κ1) is 15.1. The fourth-order valence-electron chi connectivity index (χ4n) is 2.78. The standard InChI is InChI=1S/C12H21ClN2O3S/c13-19(17,18)11-9-12(16)15(10-11)8-4-3-7-14-5-1-2-6-14/h11H,1-10H2. The summed E-state index contributed by atoms with van der Waals surface area (Å²) in [4.78, 5) is 15.7. The molecule has 0 N–H and O–H groups in total. The fraction of sp³-hybridized carbons (Fsp3) is 0.917. The number of carbonyl (C=O) groups excluding carboxylic acids is 1. The number of amides is 1. The van der Waals surface area contributed by atoms with Gasteiger partial charge in [0.1, 0.15) is 5.25 Å². The molecule has 2 aliphatic heterocycles. The largest absolute Gasteiger partial charge is 0.341 e. The monoisotopic (exact) mass is 308 g/mol. The van der Waals surface area contributed by atoms with Crippen LogP contribution in [0.15, 0.2) is 0 Å². The molecule has 1 amide bonds. The molecule has 110 valence electrons. The molecule has 0 saturated carbocycles. The minimum Gasteiger partial charge on any atom is -0.341 e. The third-order valence-corrected chi connectivity index (χ3v) is 5.80. The second-order valence-corrected chi connectivity index (χ2v) is 8.31. The van der Waals surface area contributed by atoms with Gasteiger partial charge in [0.15, 0.2) is 0 Å². The second kappa shape index (κ2) is 6.41. The molecule has 0 aromatic heterocycles. The molecular weight excluding hydrogens is 288 g/mol. The van der Waals surface area contributed by atoms with E-state index in [2.05, 4.69) is 4.90 Å². The quantitative estimate of drug-likeness (QED) is 0.543. The van der Waals surface area contributed by atoms with Crippen molar-refractivity contribution in [2.45, 2.75) is 37.4 Å². The highest BCUT2D eigenvalue weighted by atomic mass is 35.7. The molecule has 1 atom stereocenters. The number of likely N-dealkylation sites (tertiary alicyclic amines) is 2. The van der Waals surface area contributed by atoms with Crippen LogP contribution in [-0.4, -0.2) is 62.1 Å². The summed E-state index contributed by atoms with van der Waals surface area (Å²) in [6.07, 6.45) is 4.61. The predicted octanol–water partition coefficient (Wildman–Crippen LogP) is 1.03. The van der Waals surface area contributed by atoms with Gasteiger partial charge < -0.3 is 9.80 Å². The van der Waals surface area contributed by atoms with Gasteiger partial charge in [-0.25, -0.2) is 8.42 Å². The molecule has 1 unspecified atom stereocenters. The van der Waals surface area contributed by atoms with Gasteiger partial charge in [-0.3, -0.25) is 4.79 Å². The summed E-state index contributed by atoms with van der Waals surface area (Å²) in [5, 5.41) is -0.722. The molecule has 2 fully saturated rings. The van der Waals surface area contributed by atoms with E-state index in [4.69, 9.17) is 10.7 Å². The summed E-state index contributed by atoms with van der Waals surface area (Å²) in [6.45, 7) is 4.37. The normalized spacial score (nSPS) is 25.4. The molecular formula is C12H21ClN2O3S. The molecule has 0 aromatic carbocycles. The molecule has 7 heteroatoms. The second-order valence-electron chi connectivity index (χ2n) is 5.40. The van der Waals surface area contributed by atoms with Crippen LogP contribution in [0.5, 0.6) is 0 Å². The van der Waals surface area contributed by atoms with E-state index in [1.807, 2.05) is 0 Å². The van der Waals surface area contributed by atoms with Crippen LogP contribution in [-0.2, 0) is 13.8 Å². The molecule has 0 aromatic rings. The number of rotatable bonds is 6. The maximum Gasteiger partial charge on any atom is 0.237 e. The van der Waals surface area contributed by atoms with E-state index in [9.17, 15) is 13.2 Å². The lowest BCUT2D eigenvalue weighted by molar-refractivity contribution is -0.127. The SMILES string of the molecule is O=C1CC(S(=O)(=O)Cl)CN1CCCCN1CCCC1. The Balaban J connectivity index is 1.67. The van der Waals surface area contributed by atoms with Crippen molar-refractivity contribution in [1.82, 2.24) is 9.80 Å². The van der Waals surface area contributed by atoms with E-state index in [1.54, 1.807) is 4.90 Å². The zero-order valence-electron chi connectivity index (χ0n) is 11.1. The van der Waals surface area contributed by atoms with Gasteiger partial charge in [-0.2, -0.15) is 0 Å². The summed E-state index contributed by atoms with van der Waals surface area (Å²) in [5.74, 6) is -0.0876. The van der Waals surface area contributed by atoms with Crippen LogP contribution in [0, 0.1) is 0 Å². The Morgan fingerprint density at radius 2 is 1.79 bits per heavy atom. The van der Waals surface area contributed by atoms with Crippen molar-refractivity contribution in [3.8, 4) is 0 Å². The summed E-state index contributed by atoms with van der Waals surface area (Å²) in [6, 6.07) is 0. The van der Waals surface area contributed by atoms with Gasteiger partial charge in [0, 0.05) is 30.2 Å².